The Labute approximate surface area is 107 Å². The highest BCUT2D eigenvalue weighted by atomic mass is 16.5. The maximum atomic E-state index is 9.99. The Balaban J connectivity index is 2.07. The molecule has 102 valence electrons. The van der Waals surface area contributed by atoms with Gasteiger partial charge in [0.25, 0.3) is 0 Å². The summed E-state index contributed by atoms with van der Waals surface area (Å²) in [5.41, 5.74) is 0. The number of ether oxygens (including phenoxy) is 1. The molecule has 1 saturated carbocycles. The van der Waals surface area contributed by atoms with E-state index >= 15 is 0 Å². The molecule has 2 atom stereocenters. The van der Waals surface area contributed by atoms with Gasteiger partial charge in [-0.25, -0.2) is 0 Å². The van der Waals surface area contributed by atoms with Gasteiger partial charge in [-0.15, -0.1) is 0 Å². The highest BCUT2D eigenvalue weighted by Gasteiger charge is 2.23. The monoisotopic (exact) mass is 242 g/mol. The van der Waals surface area contributed by atoms with Crippen molar-refractivity contribution < 1.29 is 9.84 Å². The van der Waals surface area contributed by atoms with Gasteiger partial charge in [-0.3, -0.25) is 0 Å². The third-order valence-electron chi connectivity index (χ3n) is 4.13. The summed E-state index contributed by atoms with van der Waals surface area (Å²) in [7, 11) is 0. The highest BCUT2D eigenvalue weighted by Crippen LogP contribution is 2.27. The van der Waals surface area contributed by atoms with Crippen LogP contribution >= 0.6 is 0 Å². The molecule has 2 nitrogen and oxygen atoms in total. The Bertz CT molecular complexity index is 176. The Kier molecular flexibility index (Phi) is 7.87. The summed E-state index contributed by atoms with van der Waals surface area (Å²) < 4.78 is 5.71. The van der Waals surface area contributed by atoms with Crippen LogP contribution in [0.4, 0.5) is 0 Å². The van der Waals surface area contributed by atoms with Crippen LogP contribution in [0.5, 0.6) is 0 Å². The lowest BCUT2D eigenvalue weighted by molar-refractivity contribution is -0.00680. The Morgan fingerprint density at radius 2 is 1.88 bits per heavy atom. The lowest BCUT2D eigenvalue weighted by atomic mass is 10.00. The summed E-state index contributed by atoms with van der Waals surface area (Å²) in [5, 5.41) is 9.99. The van der Waals surface area contributed by atoms with Gasteiger partial charge in [-0.05, 0) is 31.1 Å². The molecule has 0 radical (unpaired) electrons. The molecular formula is C15H30O2. The summed E-state index contributed by atoms with van der Waals surface area (Å²) in [5.74, 6) is 1.19. The third kappa shape index (κ3) is 5.87. The van der Waals surface area contributed by atoms with Crippen LogP contribution < -0.4 is 0 Å². The van der Waals surface area contributed by atoms with Crippen LogP contribution in [-0.2, 0) is 4.74 Å². The van der Waals surface area contributed by atoms with Gasteiger partial charge in [-0.1, -0.05) is 46.0 Å². The number of aliphatic hydroxyl groups is 1. The first-order chi connectivity index (χ1) is 8.27. The first kappa shape index (κ1) is 15.0. The van der Waals surface area contributed by atoms with Crippen molar-refractivity contribution in [3.63, 3.8) is 0 Å². The van der Waals surface area contributed by atoms with Gasteiger partial charge in [0, 0.05) is 6.61 Å². The maximum Gasteiger partial charge on any atom is 0.0801 e. The zero-order valence-electron chi connectivity index (χ0n) is 11.7. The van der Waals surface area contributed by atoms with Crippen LogP contribution in [-0.4, -0.2) is 24.4 Å². The second kappa shape index (κ2) is 8.93. The molecule has 1 rings (SSSR count). The molecule has 0 aromatic carbocycles. The molecular weight excluding hydrogens is 212 g/mol. The van der Waals surface area contributed by atoms with E-state index in [1.807, 2.05) is 0 Å². The summed E-state index contributed by atoms with van der Waals surface area (Å²) in [6.07, 6.45) is 9.77. The fraction of sp³-hybridized carbons (Fsp3) is 1.00. The third-order valence-corrected chi connectivity index (χ3v) is 4.13. The van der Waals surface area contributed by atoms with Crippen molar-refractivity contribution in [3.8, 4) is 0 Å². The first-order valence-corrected chi connectivity index (χ1v) is 7.53. The average Bonchev–Trinajstić information content (AvgIpc) is 2.87. The molecule has 17 heavy (non-hydrogen) atoms. The SMILES string of the molecule is CCCCC(CC)COCC(O)C1CCCC1. The van der Waals surface area contributed by atoms with Crippen LogP contribution in [0.2, 0.25) is 0 Å². The van der Waals surface area contributed by atoms with Crippen molar-refractivity contribution in [2.75, 3.05) is 13.2 Å². The van der Waals surface area contributed by atoms with E-state index in [1.165, 1.54) is 51.4 Å². The van der Waals surface area contributed by atoms with E-state index in [9.17, 15) is 5.11 Å². The van der Waals surface area contributed by atoms with Crippen molar-refractivity contribution >= 4 is 0 Å². The standard InChI is InChI=1S/C15H30O2/c1-3-5-8-13(4-2)11-17-12-15(16)14-9-6-7-10-14/h13-16H,3-12H2,1-2H3. The Hall–Kier alpha value is -0.0800. The van der Waals surface area contributed by atoms with Gasteiger partial charge in [0.1, 0.15) is 0 Å². The van der Waals surface area contributed by atoms with E-state index in [2.05, 4.69) is 13.8 Å². The smallest absolute Gasteiger partial charge is 0.0801 e. The summed E-state index contributed by atoms with van der Waals surface area (Å²) in [6.45, 7) is 5.85. The lowest BCUT2D eigenvalue weighted by Gasteiger charge is -2.20. The van der Waals surface area contributed by atoms with Gasteiger partial charge >= 0.3 is 0 Å². The van der Waals surface area contributed by atoms with Crippen molar-refractivity contribution in [2.45, 2.75) is 71.3 Å². The van der Waals surface area contributed by atoms with Crippen LogP contribution in [0.25, 0.3) is 0 Å². The second-order valence-electron chi connectivity index (χ2n) is 5.57. The molecule has 0 heterocycles. The lowest BCUT2D eigenvalue weighted by Crippen LogP contribution is -2.25. The number of hydrogen-bond acceptors (Lipinski definition) is 2. The Morgan fingerprint density at radius 3 is 2.47 bits per heavy atom. The normalized spacial score (nSPS) is 20.6. The van der Waals surface area contributed by atoms with Crippen LogP contribution in [0, 0.1) is 11.8 Å². The molecule has 0 aromatic rings. The van der Waals surface area contributed by atoms with E-state index in [-0.39, 0.29) is 6.10 Å². The molecule has 1 N–H and O–H groups in total. The number of hydrogen-bond donors (Lipinski definition) is 1. The van der Waals surface area contributed by atoms with E-state index in [0.29, 0.717) is 18.4 Å². The fourth-order valence-corrected chi connectivity index (χ4v) is 2.73. The van der Waals surface area contributed by atoms with Crippen molar-refractivity contribution in [1.29, 1.82) is 0 Å². The molecule has 0 bridgehead atoms. The van der Waals surface area contributed by atoms with E-state index in [0.717, 1.165) is 6.61 Å². The summed E-state index contributed by atoms with van der Waals surface area (Å²) in [4.78, 5) is 0. The zero-order chi connectivity index (χ0) is 12.5. The zero-order valence-corrected chi connectivity index (χ0v) is 11.7. The van der Waals surface area contributed by atoms with Crippen LogP contribution in [0.3, 0.4) is 0 Å². The number of unbranched alkanes of at least 4 members (excludes halogenated alkanes) is 1. The minimum absolute atomic E-state index is 0.221. The second-order valence-corrected chi connectivity index (χ2v) is 5.57. The molecule has 1 aliphatic rings. The Morgan fingerprint density at radius 1 is 1.18 bits per heavy atom. The van der Waals surface area contributed by atoms with E-state index < -0.39 is 0 Å². The van der Waals surface area contributed by atoms with Gasteiger partial charge < -0.3 is 9.84 Å². The van der Waals surface area contributed by atoms with Crippen LogP contribution in [0.15, 0.2) is 0 Å². The summed E-state index contributed by atoms with van der Waals surface area (Å²) >= 11 is 0. The first-order valence-electron chi connectivity index (χ1n) is 7.53. The van der Waals surface area contributed by atoms with Gasteiger partial charge in [-0.2, -0.15) is 0 Å². The number of rotatable bonds is 9. The minimum atomic E-state index is -0.221. The number of aliphatic hydroxyl groups excluding tert-OH is 1. The summed E-state index contributed by atoms with van der Waals surface area (Å²) in [6, 6.07) is 0. The van der Waals surface area contributed by atoms with Gasteiger partial charge in [0.05, 0.1) is 12.7 Å². The maximum absolute atomic E-state index is 9.99. The predicted molar refractivity (Wildman–Crippen MR) is 72.1 cm³/mol. The van der Waals surface area contributed by atoms with E-state index in [1.54, 1.807) is 0 Å². The molecule has 1 fully saturated rings. The fourth-order valence-electron chi connectivity index (χ4n) is 2.73. The quantitative estimate of drug-likeness (QED) is 0.667. The topological polar surface area (TPSA) is 29.5 Å². The predicted octanol–water partition coefficient (Wildman–Crippen LogP) is 3.77. The molecule has 2 unspecified atom stereocenters. The molecule has 2 heteroatoms. The molecule has 0 spiro atoms. The highest BCUT2D eigenvalue weighted by molar-refractivity contribution is 4.74. The van der Waals surface area contributed by atoms with Crippen molar-refractivity contribution in [1.82, 2.24) is 0 Å². The van der Waals surface area contributed by atoms with Gasteiger partial charge in [0.2, 0.25) is 0 Å². The molecule has 1 aliphatic carbocycles. The average molecular weight is 242 g/mol. The molecule has 0 aromatic heterocycles. The van der Waals surface area contributed by atoms with Crippen molar-refractivity contribution in [3.05, 3.63) is 0 Å². The van der Waals surface area contributed by atoms with E-state index in [4.69, 9.17) is 4.74 Å². The van der Waals surface area contributed by atoms with Crippen LogP contribution in [0.1, 0.15) is 65.2 Å². The van der Waals surface area contributed by atoms with Gasteiger partial charge in [0.15, 0.2) is 0 Å². The molecule has 0 aliphatic heterocycles. The minimum Gasteiger partial charge on any atom is -0.390 e. The largest absolute Gasteiger partial charge is 0.390 e. The molecule has 0 amide bonds. The van der Waals surface area contributed by atoms with Crippen molar-refractivity contribution in [2.24, 2.45) is 11.8 Å². The molecule has 0 saturated heterocycles.